The zero-order chi connectivity index (χ0) is 22.4. The Labute approximate surface area is 184 Å². The molecule has 1 aliphatic rings. The average molecular weight is 427 g/mol. The number of para-hydroxylation sites is 1. The lowest BCUT2D eigenvalue weighted by atomic mass is 10.2. The van der Waals surface area contributed by atoms with Crippen LogP contribution in [0, 0.1) is 13.8 Å². The van der Waals surface area contributed by atoms with Crippen molar-refractivity contribution in [2.24, 2.45) is 0 Å². The maximum absolute atomic E-state index is 12.6. The number of aromatic nitrogens is 2. The first-order chi connectivity index (χ1) is 14.8. The molecule has 0 bridgehead atoms. The molecule has 0 atom stereocenters. The summed E-state index contributed by atoms with van der Waals surface area (Å²) in [4.78, 5) is 30.7. The number of rotatable bonds is 7. The number of benzene rings is 1. The van der Waals surface area contributed by atoms with Crippen molar-refractivity contribution in [2.45, 2.75) is 26.7 Å². The van der Waals surface area contributed by atoms with E-state index in [1.165, 1.54) is 0 Å². The highest BCUT2D eigenvalue weighted by molar-refractivity contribution is 5.92. The van der Waals surface area contributed by atoms with Crippen LogP contribution in [-0.4, -0.2) is 89.7 Å². The number of carbonyl (C=O) groups excluding carboxylic acids is 2. The fourth-order valence-electron chi connectivity index (χ4n) is 3.84. The Kier molecular flexibility index (Phi) is 7.81. The normalized spacial score (nSPS) is 15.5. The van der Waals surface area contributed by atoms with Crippen LogP contribution >= 0.6 is 0 Å². The predicted octanol–water partition coefficient (Wildman–Crippen LogP) is 1.91. The van der Waals surface area contributed by atoms with Crippen molar-refractivity contribution in [2.75, 3.05) is 58.7 Å². The highest BCUT2D eigenvalue weighted by Crippen LogP contribution is 2.23. The number of nitrogens with zero attached hydrogens (tertiary/aromatic N) is 5. The van der Waals surface area contributed by atoms with Crippen LogP contribution in [0.3, 0.4) is 0 Å². The molecule has 0 unspecified atom stereocenters. The van der Waals surface area contributed by atoms with Crippen LogP contribution in [0.4, 0.5) is 5.69 Å². The Morgan fingerprint density at radius 1 is 1.03 bits per heavy atom. The highest BCUT2D eigenvalue weighted by atomic mass is 16.2. The number of amides is 2. The summed E-state index contributed by atoms with van der Waals surface area (Å²) < 4.78 is 1.86. The maximum atomic E-state index is 12.6. The van der Waals surface area contributed by atoms with E-state index in [1.54, 1.807) is 19.0 Å². The van der Waals surface area contributed by atoms with Gasteiger partial charge in [0.05, 0.1) is 29.3 Å². The van der Waals surface area contributed by atoms with Crippen molar-refractivity contribution >= 4 is 17.5 Å². The van der Waals surface area contributed by atoms with Gasteiger partial charge in [-0.15, -0.1) is 0 Å². The summed E-state index contributed by atoms with van der Waals surface area (Å²) in [6.45, 7) is 8.66. The highest BCUT2D eigenvalue weighted by Gasteiger charge is 2.19. The lowest BCUT2D eigenvalue weighted by Crippen LogP contribution is -2.39. The van der Waals surface area contributed by atoms with Gasteiger partial charge in [0.2, 0.25) is 11.8 Å². The Morgan fingerprint density at radius 3 is 2.42 bits per heavy atom. The molecule has 2 amide bonds. The van der Waals surface area contributed by atoms with Gasteiger partial charge in [-0.3, -0.25) is 14.5 Å². The molecular weight excluding hydrogens is 392 g/mol. The minimum absolute atomic E-state index is 0.00250. The van der Waals surface area contributed by atoms with Gasteiger partial charge in [0.1, 0.15) is 0 Å². The summed E-state index contributed by atoms with van der Waals surface area (Å²) in [5.41, 5.74) is 3.50. The molecule has 1 aromatic heterocycles. The van der Waals surface area contributed by atoms with Crippen LogP contribution in [0.15, 0.2) is 30.3 Å². The second-order valence-corrected chi connectivity index (χ2v) is 8.35. The minimum atomic E-state index is 0.00250. The first kappa shape index (κ1) is 23.0. The van der Waals surface area contributed by atoms with Crippen molar-refractivity contribution in [3.05, 3.63) is 41.7 Å². The van der Waals surface area contributed by atoms with Gasteiger partial charge in [0.25, 0.3) is 0 Å². The molecule has 3 rings (SSSR count). The molecule has 2 aromatic rings. The van der Waals surface area contributed by atoms with Gasteiger partial charge < -0.3 is 15.1 Å². The van der Waals surface area contributed by atoms with Gasteiger partial charge in [-0.1, -0.05) is 18.2 Å². The monoisotopic (exact) mass is 426 g/mol. The van der Waals surface area contributed by atoms with E-state index < -0.39 is 0 Å². The predicted molar refractivity (Wildman–Crippen MR) is 122 cm³/mol. The van der Waals surface area contributed by atoms with Gasteiger partial charge in [0.15, 0.2) is 0 Å². The maximum Gasteiger partial charge on any atom is 0.236 e. The third-order valence-corrected chi connectivity index (χ3v) is 5.75. The van der Waals surface area contributed by atoms with E-state index in [9.17, 15) is 9.59 Å². The quantitative estimate of drug-likeness (QED) is 0.732. The van der Waals surface area contributed by atoms with Gasteiger partial charge in [-0.25, -0.2) is 4.68 Å². The van der Waals surface area contributed by atoms with E-state index in [0.717, 1.165) is 55.4 Å². The standard InChI is InChI=1S/C23H34N6O2/c1-18-23(19(2)29(25-18)20-9-6-5-7-10-20)24-21(30)11-14-27-12-8-13-28(16-15-27)17-22(31)26(3)4/h5-7,9-10H,8,11-17H2,1-4H3,(H,24,30). The molecule has 8 heteroatoms. The molecule has 1 saturated heterocycles. The second-order valence-electron chi connectivity index (χ2n) is 8.35. The fraction of sp³-hybridized carbons (Fsp3) is 0.522. The Hall–Kier alpha value is -2.71. The molecule has 31 heavy (non-hydrogen) atoms. The van der Waals surface area contributed by atoms with Crippen LogP contribution in [0.2, 0.25) is 0 Å². The molecule has 1 N–H and O–H groups in total. The van der Waals surface area contributed by atoms with Gasteiger partial charge in [0, 0.05) is 40.2 Å². The Morgan fingerprint density at radius 2 is 1.71 bits per heavy atom. The average Bonchev–Trinajstić information content (AvgIpc) is 2.91. The molecule has 0 aliphatic carbocycles. The van der Waals surface area contributed by atoms with E-state index in [1.807, 2.05) is 48.9 Å². The summed E-state index contributed by atoms with van der Waals surface area (Å²) in [6.07, 6.45) is 1.44. The van der Waals surface area contributed by atoms with Gasteiger partial charge >= 0.3 is 0 Å². The third-order valence-electron chi connectivity index (χ3n) is 5.75. The molecule has 1 fully saturated rings. The number of nitrogens with one attached hydrogen (secondary N) is 1. The van der Waals surface area contributed by atoms with Crippen LogP contribution in [0.25, 0.3) is 5.69 Å². The number of carbonyl (C=O) groups is 2. The van der Waals surface area contributed by atoms with E-state index in [2.05, 4.69) is 20.2 Å². The van der Waals surface area contributed by atoms with Crippen molar-refractivity contribution < 1.29 is 9.59 Å². The lowest BCUT2D eigenvalue weighted by molar-refractivity contribution is -0.129. The summed E-state index contributed by atoms with van der Waals surface area (Å²) in [5, 5.41) is 7.66. The van der Waals surface area contributed by atoms with E-state index in [0.29, 0.717) is 19.5 Å². The van der Waals surface area contributed by atoms with Crippen molar-refractivity contribution in [1.29, 1.82) is 0 Å². The summed E-state index contributed by atoms with van der Waals surface area (Å²) in [6, 6.07) is 9.92. The first-order valence-electron chi connectivity index (χ1n) is 10.9. The summed E-state index contributed by atoms with van der Waals surface area (Å²) in [7, 11) is 3.58. The zero-order valence-corrected chi connectivity index (χ0v) is 19.1. The van der Waals surface area contributed by atoms with Crippen LogP contribution in [0.1, 0.15) is 24.2 Å². The molecular formula is C23H34N6O2. The summed E-state index contributed by atoms with van der Waals surface area (Å²) in [5.74, 6) is 0.136. The molecule has 0 saturated carbocycles. The minimum Gasteiger partial charge on any atom is -0.348 e. The Bertz CT molecular complexity index is 893. The van der Waals surface area contributed by atoms with Crippen LogP contribution in [0.5, 0.6) is 0 Å². The molecule has 1 aliphatic heterocycles. The SMILES string of the molecule is Cc1nn(-c2ccccc2)c(C)c1NC(=O)CCN1CCCN(CC(=O)N(C)C)CC1. The van der Waals surface area contributed by atoms with Crippen LogP contribution in [-0.2, 0) is 9.59 Å². The molecule has 1 aromatic carbocycles. The largest absolute Gasteiger partial charge is 0.348 e. The smallest absolute Gasteiger partial charge is 0.236 e. The lowest BCUT2D eigenvalue weighted by Gasteiger charge is -2.22. The van der Waals surface area contributed by atoms with E-state index in [-0.39, 0.29) is 11.8 Å². The van der Waals surface area contributed by atoms with Crippen molar-refractivity contribution in [3.8, 4) is 5.69 Å². The number of aryl methyl sites for hydroxylation is 1. The number of likely N-dealkylation sites (N-methyl/N-ethyl adjacent to an activating group) is 1. The van der Waals surface area contributed by atoms with Crippen molar-refractivity contribution in [3.63, 3.8) is 0 Å². The number of anilines is 1. The number of hydrogen-bond donors (Lipinski definition) is 1. The van der Waals surface area contributed by atoms with E-state index >= 15 is 0 Å². The first-order valence-corrected chi connectivity index (χ1v) is 10.9. The van der Waals surface area contributed by atoms with Crippen LogP contribution < -0.4 is 5.32 Å². The molecule has 2 heterocycles. The Balaban J connectivity index is 1.51. The zero-order valence-electron chi connectivity index (χ0n) is 19.1. The van der Waals surface area contributed by atoms with Gasteiger partial charge in [-0.05, 0) is 45.5 Å². The topological polar surface area (TPSA) is 73.7 Å². The molecule has 8 nitrogen and oxygen atoms in total. The molecule has 168 valence electrons. The number of hydrogen-bond acceptors (Lipinski definition) is 5. The third kappa shape index (κ3) is 6.15. The molecule has 0 radical (unpaired) electrons. The van der Waals surface area contributed by atoms with E-state index in [4.69, 9.17) is 0 Å². The van der Waals surface area contributed by atoms with Gasteiger partial charge in [-0.2, -0.15) is 5.10 Å². The summed E-state index contributed by atoms with van der Waals surface area (Å²) >= 11 is 0. The van der Waals surface area contributed by atoms with Crippen molar-refractivity contribution in [1.82, 2.24) is 24.5 Å². The second kappa shape index (κ2) is 10.5. The molecule has 0 spiro atoms. The fourth-order valence-corrected chi connectivity index (χ4v) is 3.84.